The van der Waals surface area contributed by atoms with E-state index < -0.39 is 12.1 Å². The number of rotatable bonds is 6. The Labute approximate surface area is 133 Å². The average Bonchev–Trinajstić information content (AvgIpc) is 2.48. The maximum absolute atomic E-state index is 11.6. The minimum atomic E-state index is -0.469. The molecule has 0 radical (unpaired) electrons. The molecule has 126 valence electrons. The lowest BCUT2D eigenvalue weighted by Gasteiger charge is -2.38. The van der Waals surface area contributed by atoms with Gasteiger partial charge in [0.1, 0.15) is 13.2 Å². The van der Waals surface area contributed by atoms with E-state index in [0.717, 1.165) is 12.3 Å². The van der Waals surface area contributed by atoms with Crippen molar-refractivity contribution in [2.75, 3.05) is 19.8 Å². The fraction of sp³-hybridized carbons (Fsp3) is 0.765. The molecule has 1 aliphatic carbocycles. The number of amides is 1. The van der Waals surface area contributed by atoms with Gasteiger partial charge < -0.3 is 14.8 Å². The van der Waals surface area contributed by atoms with Crippen LogP contribution in [0.1, 0.15) is 40.5 Å². The number of hydrogen-bond donors (Lipinski definition) is 1. The van der Waals surface area contributed by atoms with E-state index in [0.29, 0.717) is 29.9 Å². The summed E-state index contributed by atoms with van der Waals surface area (Å²) in [7, 11) is 0. The first-order valence-corrected chi connectivity index (χ1v) is 8.06. The van der Waals surface area contributed by atoms with E-state index in [2.05, 4.69) is 32.7 Å². The van der Waals surface area contributed by atoms with Gasteiger partial charge in [-0.3, -0.25) is 0 Å². The zero-order chi connectivity index (χ0) is 16.7. The van der Waals surface area contributed by atoms with Crippen molar-refractivity contribution < 1.29 is 19.1 Å². The molecule has 5 nitrogen and oxygen atoms in total. The molecule has 22 heavy (non-hydrogen) atoms. The number of hydrogen-bond acceptors (Lipinski definition) is 4. The monoisotopic (exact) mass is 311 g/mol. The molecule has 4 atom stereocenters. The van der Waals surface area contributed by atoms with E-state index in [1.807, 2.05) is 0 Å². The van der Waals surface area contributed by atoms with Crippen LogP contribution in [-0.2, 0) is 14.3 Å². The first kappa shape index (κ1) is 18.5. The molecule has 1 amide bonds. The van der Waals surface area contributed by atoms with Crippen LogP contribution in [0.2, 0.25) is 0 Å². The third kappa shape index (κ3) is 5.70. The Bertz CT molecular complexity index is 407. The van der Waals surface area contributed by atoms with Crippen molar-refractivity contribution in [1.29, 1.82) is 0 Å². The zero-order valence-electron chi connectivity index (χ0n) is 14.2. The summed E-state index contributed by atoms with van der Waals surface area (Å²) in [5.41, 5.74) is 0.332. The average molecular weight is 311 g/mol. The van der Waals surface area contributed by atoms with E-state index in [9.17, 15) is 9.59 Å². The van der Waals surface area contributed by atoms with Gasteiger partial charge >= 0.3 is 12.1 Å². The highest BCUT2D eigenvalue weighted by Gasteiger charge is 2.31. The normalized spacial score (nSPS) is 27.8. The number of carbonyl (C=O) groups is 2. The van der Waals surface area contributed by atoms with Gasteiger partial charge in [-0.25, -0.2) is 9.59 Å². The van der Waals surface area contributed by atoms with Crippen LogP contribution in [0.4, 0.5) is 4.79 Å². The molecule has 5 heteroatoms. The number of esters is 1. The minimum Gasteiger partial charge on any atom is -0.459 e. The maximum Gasteiger partial charge on any atom is 0.407 e. The molecule has 4 unspecified atom stereocenters. The van der Waals surface area contributed by atoms with Crippen molar-refractivity contribution in [3.63, 3.8) is 0 Å². The summed E-state index contributed by atoms with van der Waals surface area (Å²) >= 11 is 0. The van der Waals surface area contributed by atoms with Crippen molar-refractivity contribution in [1.82, 2.24) is 5.32 Å². The summed E-state index contributed by atoms with van der Waals surface area (Å²) in [5.74, 6) is 2.06. The Balaban J connectivity index is 2.18. The highest BCUT2D eigenvalue weighted by atomic mass is 16.6. The lowest BCUT2D eigenvalue weighted by atomic mass is 9.69. The molecule has 0 saturated heterocycles. The summed E-state index contributed by atoms with van der Waals surface area (Å²) in [6.07, 6.45) is 1.90. The lowest BCUT2D eigenvalue weighted by Crippen LogP contribution is -2.38. The van der Waals surface area contributed by atoms with E-state index in [4.69, 9.17) is 9.47 Å². The number of nitrogens with one attached hydrogen (secondary N) is 1. The fourth-order valence-corrected chi connectivity index (χ4v) is 2.90. The van der Waals surface area contributed by atoms with Gasteiger partial charge in [-0.1, -0.05) is 33.8 Å². The largest absolute Gasteiger partial charge is 0.459 e. The summed E-state index contributed by atoms with van der Waals surface area (Å²) < 4.78 is 9.84. The molecule has 0 aliphatic heterocycles. The number of carbonyl (C=O) groups excluding carboxylic acids is 2. The van der Waals surface area contributed by atoms with Crippen LogP contribution < -0.4 is 5.32 Å². The Morgan fingerprint density at radius 3 is 2.36 bits per heavy atom. The smallest absolute Gasteiger partial charge is 0.407 e. The molecule has 1 saturated carbocycles. The molecule has 0 aromatic carbocycles. The van der Waals surface area contributed by atoms with Gasteiger partial charge in [0.15, 0.2) is 0 Å². The van der Waals surface area contributed by atoms with Crippen molar-refractivity contribution in [2.45, 2.75) is 40.5 Å². The maximum atomic E-state index is 11.6. The minimum absolute atomic E-state index is 0.0491. The molecule has 0 heterocycles. The molecule has 0 bridgehead atoms. The second kappa shape index (κ2) is 8.81. The Morgan fingerprint density at radius 2 is 1.73 bits per heavy atom. The fourth-order valence-electron chi connectivity index (χ4n) is 2.90. The molecular formula is C17H29NO4. The van der Waals surface area contributed by atoms with E-state index in [1.165, 1.54) is 6.42 Å². The highest BCUT2D eigenvalue weighted by Crippen LogP contribution is 2.37. The third-order valence-electron chi connectivity index (χ3n) is 4.87. The van der Waals surface area contributed by atoms with E-state index >= 15 is 0 Å². The standard InChI is InChI=1S/C17H29NO4/c1-11(2)16(19)21-8-9-22-17(20)18-10-15-7-6-12(3)13(4)14(15)5/h12-15H,1,6-10H2,2-5H3,(H,18,20). The predicted octanol–water partition coefficient (Wildman–Crippen LogP) is 3.15. The van der Waals surface area contributed by atoms with Crippen LogP contribution in [0.5, 0.6) is 0 Å². The van der Waals surface area contributed by atoms with Gasteiger partial charge in [0.2, 0.25) is 0 Å². The molecule has 0 spiro atoms. The second-order valence-corrected chi connectivity index (χ2v) is 6.47. The second-order valence-electron chi connectivity index (χ2n) is 6.47. The van der Waals surface area contributed by atoms with Gasteiger partial charge in [-0.2, -0.15) is 0 Å². The summed E-state index contributed by atoms with van der Waals surface area (Å²) in [5, 5.41) is 2.81. The highest BCUT2D eigenvalue weighted by molar-refractivity contribution is 5.86. The van der Waals surface area contributed by atoms with Crippen molar-refractivity contribution in [3.8, 4) is 0 Å². The van der Waals surface area contributed by atoms with E-state index in [-0.39, 0.29) is 13.2 Å². The van der Waals surface area contributed by atoms with Crippen LogP contribution >= 0.6 is 0 Å². The quantitative estimate of drug-likeness (QED) is 0.465. The Kier molecular flexibility index (Phi) is 7.42. The topological polar surface area (TPSA) is 64.6 Å². The predicted molar refractivity (Wildman–Crippen MR) is 85.3 cm³/mol. The zero-order valence-corrected chi connectivity index (χ0v) is 14.2. The molecule has 0 aromatic rings. The summed E-state index contributed by atoms with van der Waals surface area (Å²) in [6, 6.07) is 0. The first-order chi connectivity index (χ1) is 10.3. The lowest BCUT2D eigenvalue weighted by molar-refractivity contribution is -0.139. The SMILES string of the molecule is C=C(C)C(=O)OCCOC(=O)NCC1CCC(C)C(C)C1C. The van der Waals surface area contributed by atoms with Crippen LogP contribution in [0, 0.1) is 23.7 Å². The number of ether oxygens (including phenoxy) is 2. The third-order valence-corrected chi connectivity index (χ3v) is 4.87. The van der Waals surface area contributed by atoms with Gasteiger partial charge in [-0.05, 0) is 37.0 Å². The first-order valence-electron chi connectivity index (χ1n) is 8.06. The summed E-state index contributed by atoms with van der Waals surface area (Å²) in [6.45, 7) is 12.6. The Morgan fingerprint density at radius 1 is 1.09 bits per heavy atom. The van der Waals surface area contributed by atoms with Crippen molar-refractivity contribution >= 4 is 12.1 Å². The van der Waals surface area contributed by atoms with Gasteiger partial charge in [0, 0.05) is 12.1 Å². The molecule has 0 aromatic heterocycles. The van der Waals surface area contributed by atoms with Crippen molar-refractivity contribution in [2.24, 2.45) is 23.7 Å². The van der Waals surface area contributed by atoms with Gasteiger partial charge in [0.05, 0.1) is 0 Å². The van der Waals surface area contributed by atoms with Gasteiger partial charge in [0.25, 0.3) is 0 Å². The van der Waals surface area contributed by atoms with Gasteiger partial charge in [-0.15, -0.1) is 0 Å². The Hall–Kier alpha value is -1.52. The number of alkyl carbamates (subject to hydrolysis) is 1. The van der Waals surface area contributed by atoms with Crippen molar-refractivity contribution in [3.05, 3.63) is 12.2 Å². The van der Waals surface area contributed by atoms with Crippen LogP contribution in [0.25, 0.3) is 0 Å². The van der Waals surface area contributed by atoms with E-state index in [1.54, 1.807) is 6.92 Å². The molecule has 1 aliphatic rings. The molecule has 1 rings (SSSR count). The van der Waals surface area contributed by atoms with Crippen LogP contribution in [0.15, 0.2) is 12.2 Å². The molecule has 1 fully saturated rings. The van der Waals surface area contributed by atoms with Crippen LogP contribution in [-0.4, -0.2) is 31.8 Å². The molecule has 1 N–H and O–H groups in total. The van der Waals surface area contributed by atoms with Crippen LogP contribution in [0.3, 0.4) is 0 Å². The summed E-state index contributed by atoms with van der Waals surface area (Å²) in [4.78, 5) is 22.8. The molecular weight excluding hydrogens is 282 g/mol.